The van der Waals surface area contributed by atoms with Gasteiger partial charge in [0, 0.05) is 19.8 Å². The number of ether oxygens (including phenoxy) is 1. The lowest BCUT2D eigenvalue weighted by atomic mass is 10.0. The van der Waals surface area contributed by atoms with Crippen LogP contribution in [0.5, 0.6) is 5.75 Å². The highest BCUT2D eigenvalue weighted by molar-refractivity contribution is 5.59. The number of nitrogens with two attached hydrogens (primary N) is 1. The van der Waals surface area contributed by atoms with Gasteiger partial charge in [0.05, 0.1) is 5.69 Å². The molecule has 0 atom stereocenters. The molecule has 112 valence electrons. The van der Waals surface area contributed by atoms with E-state index in [4.69, 9.17) is 10.5 Å². The van der Waals surface area contributed by atoms with Crippen LogP contribution in [0.15, 0.2) is 30.3 Å². The monoisotopic (exact) mass is 284 g/mol. The number of hydrogen-bond donors (Lipinski definition) is 1. The first kappa shape index (κ1) is 15.2. The van der Waals surface area contributed by atoms with Gasteiger partial charge >= 0.3 is 0 Å². The Labute approximate surface area is 127 Å². The van der Waals surface area contributed by atoms with E-state index >= 15 is 0 Å². The van der Waals surface area contributed by atoms with E-state index in [0.717, 1.165) is 17.0 Å². The van der Waals surface area contributed by atoms with E-state index in [9.17, 15) is 0 Å². The molecule has 0 unspecified atom stereocenters. The predicted octanol–water partition coefficient (Wildman–Crippen LogP) is 3.84. The molecule has 0 amide bonds. The SMILES string of the molecule is Cc1cccc(OCc2ccc(N(C)C)c(C)c2C)c1N. The van der Waals surface area contributed by atoms with Gasteiger partial charge in [-0.05, 0) is 55.2 Å². The van der Waals surface area contributed by atoms with Crippen LogP contribution in [-0.4, -0.2) is 14.1 Å². The van der Waals surface area contributed by atoms with Crippen LogP contribution in [0.2, 0.25) is 0 Å². The summed E-state index contributed by atoms with van der Waals surface area (Å²) in [6.07, 6.45) is 0. The molecular formula is C18H24N2O. The van der Waals surface area contributed by atoms with Crippen molar-refractivity contribution in [3.63, 3.8) is 0 Å². The van der Waals surface area contributed by atoms with E-state index in [-0.39, 0.29) is 0 Å². The molecule has 0 aromatic heterocycles. The van der Waals surface area contributed by atoms with Crippen LogP contribution in [0.4, 0.5) is 11.4 Å². The van der Waals surface area contributed by atoms with Crippen LogP contribution in [0.1, 0.15) is 22.3 Å². The Hall–Kier alpha value is -2.16. The summed E-state index contributed by atoms with van der Waals surface area (Å²) in [5, 5.41) is 0. The average molecular weight is 284 g/mol. The van der Waals surface area contributed by atoms with Crippen LogP contribution >= 0.6 is 0 Å². The van der Waals surface area contributed by atoms with Gasteiger partial charge in [-0.25, -0.2) is 0 Å². The first-order valence-electron chi connectivity index (χ1n) is 7.16. The molecule has 2 rings (SSSR count). The number of nitrogens with zero attached hydrogens (tertiary/aromatic N) is 1. The minimum Gasteiger partial charge on any atom is -0.487 e. The van der Waals surface area contributed by atoms with Crippen molar-refractivity contribution in [2.45, 2.75) is 27.4 Å². The molecule has 3 nitrogen and oxygen atoms in total. The van der Waals surface area contributed by atoms with Crippen LogP contribution in [0, 0.1) is 20.8 Å². The number of aryl methyl sites for hydroxylation is 1. The van der Waals surface area contributed by atoms with Crippen molar-refractivity contribution in [3.8, 4) is 5.75 Å². The van der Waals surface area contributed by atoms with Gasteiger partial charge in [-0.3, -0.25) is 0 Å². The first-order valence-corrected chi connectivity index (χ1v) is 7.16. The molecule has 2 aromatic carbocycles. The Kier molecular flexibility index (Phi) is 4.41. The molecule has 0 aliphatic heterocycles. The summed E-state index contributed by atoms with van der Waals surface area (Å²) in [6, 6.07) is 10.1. The average Bonchev–Trinajstić information content (AvgIpc) is 2.44. The Morgan fingerprint density at radius 1 is 1.00 bits per heavy atom. The molecule has 0 saturated carbocycles. The van der Waals surface area contributed by atoms with Crippen molar-refractivity contribution >= 4 is 11.4 Å². The van der Waals surface area contributed by atoms with E-state index in [1.165, 1.54) is 22.4 Å². The van der Waals surface area contributed by atoms with Crippen molar-refractivity contribution < 1.29 is 4.74 Å². The Morgan fingerprint density at radius 2 is 1.71 bits per heavy atom. The molecule has 0 fully saturated rings. The van der Waals surface area contributed by atoms with E-state index in [1.54, 1.807) is 0 Å². The summed E-state index contributed by atoms with van der Waals surface area (Å²) in [4.78, 5) is 2.13. The Bertz CT molecular complexity index is 648. The zero-order chi connectivity index (χ0) is 15.6. The molecule has 21 heavy (non-hydrogen) atoms. The molecule has 0 heterocycles. The second-order valence-corrected chi connectivity index (χ2v) is 5.66. The Balaban J connectivity index is 2.21. The van der Waals surface area contributed by atoms with Crippen LogP contribution in [0.3, 0.4) is 0 Å². The van der Waals surface area contributed by atoms with E-state index in [0.29, 0.717) is 6.61 Å². The predicted molar refractivity (Wildman–Crippen MR) is 90.2 cm³/mol. The van der Waals surface area contributed by atoms with E-state index < -0.39 is 0 Å². The van der Waals surface area contributed by atoms with Gasteiger partial charge in [0.25, 0.3) is 0 Å². The van der Waals surface area contributed by atoms with Crippen molar-refractivity contribution in [2.24, 2.45) is 0 Å². The molecule has 0 bridgehead atoms. The summed E-state index contributed by atoms with van der Waals surface area (Å²) in [5.41, 5.74) is 12.8. The zero-order valence-electron chi connectivity index (χ0n) is 13.5. The molecule has 2 N–H and O–H groups in total. The number of benzene rings is 2. The number of rotatable bonds is 4. The number of nitrogen functional groups attached to an aromatic ring is 1. The topological polar surface area (TPSA) is 38.5 Å². The molecule has 0 radical (unpaired) electrons. The maximum Gasteiger partial charge on any atom is 0.142 e. The summed E-state index contributed by atoms with van der Waals surface area (Å²) < 4.78 is 5.90. The highest BCUT2D eigenvalue weighted by Gasteiger charge is 2.09. The largest absolute Gasteiger partial charge is 0.487 e. The number of hydrogen-bond acceptors (Lipinski definition) is 3. The summed E-state index contributed by atoms with van der Waals surface area (Å²) in [6.45, 7) is 6.81. The lowest BCUT2D eigenvalue weighted by Gasteiger charge is -2.20. The second kappa shape index (κ2) is 6.08. The lowest BCUT2D eigenvalue weighted by molar-refractivity contribution is 0.307. The third-order valence-electron chi connectivity index (χ3n) is 4.02. The third-order valence-corrected chi connectivity index (χ3v) is 4.02. The third kappa shape index (κ3) is 3.13. The maximum absolute atomic E-state index is 6.05. The van der Waals surface area contributed by atoms with Gasteiger partial charge in [-0.15, -0.1) is 0 Å². The molecule has 0 saturated heterocycles. The second-order valence-electron chi connectivity index (χ2n) is 5.66. The standard InChI is InChI=1S/C18H24N2O/c1-12-7-6-8-17(18(12)19)21-11-15-9-10-16(20(4)5)14(3)13(15)2/h6-10H,11,19H2,1-5H3. The fourth-order valence-corrected chi connectivity index (χ4v) is 2.44. The Morgan fingerprint density at radius 3 is 2.38 bits per heavy atom. The first-order chi connectivity index (χ1) is 9.91. The highest BCUT2D eigenvalue weighted by Crippen LogP contribution is 2.28. The van der Waals surface area contributed by atoms with Gasteiger partial charge in [0.15, 0.2) is 0 Å². The van der Waals surface area contributed by atoms with Crippen molar-refractivity contribution in [2.75, 3.05) is 24.7 Å². The van der Waals surface area contributed by atoms with Gasteiger partial charge in [-0.1, -0.05) is 18.2 Å². The van der Waals surface area contributed by atoms with Crippen molar-refractivity contribution in [1.29, 1.82) is 0 Å². The van der Waals surface area contributed by atoms with Crippen LogP contribution in [0.25, 0.3) is 0 Å². The molecule has 0 spiro atoms. The molecule has 0 aliphatic carbocycles. The smallest absolute Gasteiger partial charge is 0.142 e. The molecule has 2 aromatic rings. The van der Waals surface area contributed by atoms with Crippen LogP contribution < -0.4 is 15.4 Å². The fourth-order valence-electron chi connectivity index (χ4n) is 2.44. The maximum atomic E-state index is 6.05. The number of para-hydroxylation sites is 1. The molecular weight excluding hydrogens is 260 g/mol. The van der Waals surface area contributed by atoms with Gasteiger partial charge in [-0.2, -0.15) is 0 Å². The van der Waals surface area contributed by atoms with Crippen molar-refractivity contribution in [3.05, 3.63) is 52.6 Å². The fraction of sp³-hybridized carbons (Fsp3) is 0.333. The molecule has 0 aliphatic rings. The number of anilines is 2. The van der Waals surface area contributed by atoms with Gasteiger partial charge in [0.2, 0.25) is 0 Å². The van der Waals surface area contributed by atoms with E-state index in [1.807, 2.05) is 25.1 Å². The minimum atomic E-state index is 0.536. The summed E-state index contributed by atoms with van der Waals surface area (Å²) in [7, 11) is 4.12. The zero-order valence-corrected chi connectivity index (χ0v) is 13.5. The quantitative estimate of drug-likeness (QED) is 0.867. The molecule has 3 heteroatoms. The normalized spacial score (nSPS) is 10.5. The lowest BCUT2D eigenvalue weighted by Crippen LogP contribution is -2.12. The van der Waals surface area contributed by atoms with Gasteiger partial charge < -0.3 is 15.4 Å². The van der Waals surface area contributed by atoms with Crippen LogP contribution in [-0.2, 0) is 6.61 Å². The van der Waals surface area contributed by atoms with Gasteiger partial charge in [0.1, 0.15) is 12.4 Å². The minimum absolute atomic E-state index is 0.536. The highest BCUT2D eigenvalue weighted by atomic mass is 16.5. The van der Waals surface area contributed by atoms with E-state index in [2.05, 4.69) is 45.0 Å². The summed E-state index contributed by atoms with van der Waals surface area (Å²) >= 11 is 0. The summed E-state index contributed by atoms with van der Waals surface area (Å²) in [5.74, 6) is 0.753. The van der Waals surface area contributed by atoms with Crippen molar-refractivity contribution in [1.82, 2.24) is 0 Å².